The highest BCUT2D eigenvalue weighted by atomic mass is 127. The summed E-state index contributed by atoms with van der Waals surface area (Å²) in [5.41, 5.74) is -0.00780. The molecule has 1 aromatic rings. The second-order valence-electron chi connectivity index (χ2n) is 9.75. The summed E-state index contributed by atoms with van der Waals surface area (Å²) in [7, 11) is 0. The van der Waals surface area contributed by atoms with Crippen molar-refractivity contribution in [2.75, 3.05) is 13.1 Å². The third-order valence-electron chi connectivity index (χ3n) is 6.26. The second-order valence-corrected chi connectivity index (χ2v) is 11.3. The summed E-state index contributed by atoms with van der Waals surface area (Å²) >= 11 is 8.29. The van der Waals surface area contributed by atoms with Crippen LogP contribution in [-0.4, -0.2) is 58.5 Å². The predicted molar refractivity (Wildman–Crippen MR) is 141 cm³/mol. The summed E-state index contributed by atoms with van der Waals surface area (Å²) in [6, 6.07) is 4.90. The Morgan fingerprint density at radius 2 is 1.97 bits per heavy atom. The van der Waals surface area contributed by atoms with Crippen LogP contribution in [0, 0.1) is 3.57 Å². The lowest BCUT2D eigenvalue weighted by Crippen LogP contribution is -2.52. The number of halogens is 2. The van der Waals surface area contributed by atoms with Crippen LogP contribution in [0.1, 0.15) is 72.6 Å². The third-order valence-corrected chi connectivity index (χ3v) is 7.54. The highest BCUT2D eigenvalue weighted by molar-refractivity contribution is 14.1. The first-order valence-corrected chi connectivity index (χ1v) is 13.4. The van der Waals surface area contributed by atoms with E-state index in [2.05, 4.69) is 27.9 Å². The van der Waals surface area contributed by atoms with Gasteiger partial charge in [0.2, 0.25) is 11.8 Å². The zero-order chi connectivity index (χ0) is 25.6. The minimum absolute atomic E-state index is 0.0644. The van der Waals surface area contributed by atoms with Crippen molar-refractivity contribution in [3.05, 3.63) is 32.4 Å². The Kier molecular flexibility index (Phi) is 8.96. The SMILES string of the molecule is [2H]CC(C)(C)OC(=O)N(CC(=O)N1CCC[C@H]1C(=O)NCc1cc(Cl)ccc1I)C1CCCCC1. The molecule has 1 aromatic carbocycles. The van der Waals surface area contributed by atoms with E-state index in [0.29, 0.717) is 24.5 Å². The molecule has 1 saturated heterocycles. The van der Waals surface area contributed by atoms with E-state index in [1.54, 1.807) is 24.8 Å². The van der Waals surface area contributed by atoms with Gasteiger partial charge in [0.25, 0.3) is 0 Å². The molecule has 3 amide bonds. The van der Waals surface area contributed by atoms with Crippen LogP contribution in [-0.2, 0) is 20.9 Å². The maximum atomic E-state index is 13.4. The van der Waals surface area contributed by atoms with Gasteiger partial charge in [-0.2, -0.15) is 0 Å². The Morgan fingerprint density at radius 3 is 2.68 bits per heavy atom. The Morgan fingerprint density at radius 1 is 1.24 bits per heavy atom. The molecule has 3 rings (SSSR count). The Bertz CT molecular complexity index is 926. The van der Waals surface area contributed by atoms with E-state index in [1.165, 1.54) is 4.90 Å². The van der Waals surface area contributed by atoms with Crippen LogP contribution >= 0.6 is 34.2 Å². The van der Waals surface area contributed by atoms with E-state index in [0.717, 1.165) is 47.7 Å². The van der Waals surface area contributed by atoms with Crippen LogP contribution in [0.2, 0.25) is 5.02 Å². The van der Waals surface area contributed by atoms with Crippen molar-refractivity contribution in [2.24, 2.45) is 0 Å². The van der Waals surface area contributed by atoms with Gasteiger partial charge in [-0.1, -0.05) is 30.9 Å². The minimum Gasteiger partial charge on any atom is -0.444 e. The minimum atomic E-state index is -0.930. The normalized spacial score (nSPS) is 19.5. The van der Waals surface area contributed by atoms with Gasteiger partial charge in [-0.15, -0.1) is 0 Å². The zero-order valence-corrected chi connectivity index (χ0v) is 22.9. The van der Waals surface area contributed by atoms with Gasteiger partial charge in [0.15, 0.2) is 0 Å². The molecule has 188 valence electrons. The van der Waals surface area contributed by atoms with Gasteiger partial charge in [0, 0.05) is 29.1 Å². The summed E-state index contributed by atoms with van der Waals surface area (Å²) in [5.74, 6) is -0.444. The molecule has 0 spiro atoms. The van der Waals surface area contributed by atoms with E-state index in [4.69, 9.17) is 17.7 Å². The third kappa shape index (κ3) is 7.47. The number of rotatable bonds is 6. The number of likely N-dealkylation sites (tertiary alicyclic amines) is 1. The Hall–Kier alpha value is -1.55. The summed E-state index contributed by atoms with van der Waals surface area (Å²) in [5, 5.41) is 3.56. The van der Waals surface area contributed by atoms with Gasteiger partial charge in [0.05, 0.1) is 0 Å². The van der Waals surface area contributed by atoms with E-state index < -0.39 is 17.7 Å². The molecule has 1 aliphatic heterocycles. The second kappa shape index (κ2) is 11.9. The monoisotopic (exact) mass is 604 g/mol. The summed E-state index contributed by atoms with van der Waals surface area (Å²) < 4.78 is 14.2. The zero-order valence-electron chi connectivity index (χ0n) is 20.9. The van der Waals surface area contributed by atoms with Gasteiger partial charge in [0.1, 0.15) is 18.2 Å². The average molecular weight is 605 g/mol. The van der Waals surface area contributed by atoms with Crippen molar-refractivity contribution in [1.82, 2.24) is 15.1 Å². The number of nitrogens with one attached hydrogen (secondary N) is 1. The Balaban J connectivity index is 1.66. The molecule has 7 nitrogen and oxygen atoms in total. The lowest BCUT2D eigenvalue weighted by molar-refractivity contribution is -0.139. The van der Waals surface area contributed by atoms with Crippen LogP contribution in [0.25, 0.3) is 0 Å². The van der Waals surface area contributed by atoms with Crippen molar-refractivity contribution in [3.63, 3.8) is 0 Å². The molecular weight excluding hydrogens is 569 g/mol. The van der Waals surface area contributed by atoms with Crippen molar-refractivity contribution in [2.45, 2.75) is 89.9 Å². The van der Waals surface area contributed by atoms with Crippen LogP contribution in [0.4, 0.5) is 4.79 Å². The largest absolute Gasteiger partial charge is 0.444 e. The highest BCUT2D eigenvalue weighted by Crippen LogP contribution is 2.26. The number of carbonyl (C=O) groups excluding carboxylic acids is 3. The van der Waals surface area contributed by atoms with Gasteiger partial charge in [-0.05, 0) is 92.8 Å². The van der Waals surface area contributed by atoms with Crippen LogP contribution in [0.3, 0.4) is 0 Å². The van der Waals surface area contributed by atoms with E-state index in [9.17, 15) is 14.4 Å². The molecule has 1 heterocycles. The van der Waals surface area contributed by atoms with E-state index >= 15 is 0 Å². The topological polar surface area (TPSA) is 79.0 Å². The number of nitrogens with zero attached hydrogens (tertiary/aromatic N) is 2. The first-order valence-electron chi connectivity index (χ1n) is 12.6. The van der Waals surface area contributed by atoms with Crippen LogP contribution in [0.15, 0.2) is 18.2 Å². The van der Waals surface area contributed by atoms with Gasteiger partial charge >= 0.3 is 6.09 Å². The molecule has 0 unspecified atom stereocenters. The average Bonchev–Trinajstić information content (AvgIpc) is 3.33. The summed E-state index contributed by atoms with van der Waals surface area (Å²) in [6.07, 6.45) is 5.53. The smallest absolute Gasteiger partial charge is 0.411 e. The van der Waals surface area contributed by atoms with Crippen LogP contribution in [0.5, 0.6) is 0 Å². The number of benzene rings is 1. The number of hydrogen-bond donors (Lipinski definition) is 1. The van der Waals surface area contributed by atoms with Crippen molar-refractivity contribution in [3.8, 4) is 0 Å². The molecule has 9 heteroatoms. The number of amides is 3. The predicted octanol–water partition coefficient (Wildman–Crippen LogP) is 5.12. The van der Waals surface area contributed by atoms with Gasteiger partial charge < -0.3 is 15.0 Å². The first-order chi connectivity index (χ1) is 16.6. The Labute approximate surface area is 222 Å². The summed E-state index contributed by atoms with van der Waals surface area (Å²) in [4.78, 5) is 42.6. The molecule has 1 saturated carbocycles. The maximum Gasteiger partial charge on any atom is 0.411 e. The molecule has 0 aromatic heterocycles. The highest BCUT2D eigenvalue weighted by Gasteiger charge is 2.37. The standard InChI is InChI=1S/C25H35ClIN3O4/c1-25(2,3)34-24(33)30(19-8-5-4-6-9-19)16-22(31)29-13-7-10-21(29)23(32)28-15-17-14-18(26)11-12-20(17)27/h11-12,14,19,21H,4-10,13,15-16H2,1-3H3,(H,28,32)/t21-/m0/s1/i1D. The number of ether oxygens (including phenoxy) is 1. The molecule has 34 heavy (non-hydrogen) atoms. The lowest BCUT2D eigenvalue weighted by atomic mass is 9.94. The molecular formula is C25H35ClIN3O4. The molecule has 0 radical (unpaired) electrons. The first kappa shape index (κ1) is 25.5. The summed E-state index contributed by atoms with van der Waals surface area (Å²) in [6.45, 7) is 4.02. The number of carbonyl (C=O) groups is 3. The van der Waals surface area contributed by atoms with Crippen molar-refractivity contribution < 1.29 is 20.5 Å². The fraction of sp³-hybridized carbons (Fsp3) is 0.640. The fourth-order valence-electron chi connectivity index (χ4n) is 4.58. The van der Waals surface area contributed by atoms with Gasteiger partial charge in [-0.25, -0.2) is 4.79 Å². The fourth-order valence-corrected chi connectivity index (χ4v) is 5.30. The van der Waals surface area contributed by atoms with E-state index in [-0.39, 0.29) is 31.3 Å². The maximum absolute atomic E-state index is 13.4. The molecule has 1 aliphatic carbocycles. The molecule has 1 N–H and O–H groups in total. The van der Waals surface area contributed by atoms with E-state index in [1.807, 2.05) is 12.1 Å². The molecule has 2 aliphatic rings. The lowest BCUT2D eigenvalue weighted by Gasteiger charge is -2.36. The van der Waals surface area contributed by atoms with Crippen molar-refractivity contribution >= 4 is 52.1 Å². The molecule has 0 bridgehead atoms. The quantitative estimate of drug-likeness (QED) is 0.457. The van der Waals surface area contributed by atoms with Crippen LogP contribution < -0.4 is 5.32 Å². The number of hydrogen-bond acceptors (Lipinski definition) is 4. The molecule has 1 atom stereocenters. The van der Waals surface area contributed by atoms with Gasteiger partial charge in [-0.3, -0.25) is 14.5 Å². The van der Waals surface area contributed by atoms with Crippen molar-refractivity contribution in [1.29, 1.82) is 0 Å². The molecule has 2 fully saturated rings.